The number of aromatic hydroxyl groups is 1. The van der Waals surface area contributed by atoms with E-state index in [4.69, 9.17) is 0 Å². The average Bonchev–Trinajstić information content (AvgIpc) is 2.15. The average molecular weight is 216 g/mol. The number of hydrogen-bond donors (Lipinski definition) is 1. The fourth-order valence-corrected chi connectivity index (χ4v) is 2.87. The first-order valence-corrected chi connectivity index (χ1v) is 8.70. The Hall–Kier alpha value is -1.28. The van der Waals surface area contributed by atoms with E-state index in [-0.39, 0.29) is 0 Å². The third-order valence-corrected chi connectivity index (χ3v) is 4.73. The number of fused-ring (bicyclic) bond motifs is 1. The van der Waals surface area contributed by atoms with Crippen LogP contribution in [-0.4, -0.2) is 13.2 Å². The standard InChI is InChI=1S/C13H16OSi/c1-15(2,3)13-7-5-10-8-12(14)6-4-11(10)9-13/h4-9,14H,1-3H3. The van der Waals surface area contributed by atoms with Gasteiger partial charge in [0.05, 0.1) is 8.07 Å². The van der Waals surface area contributed by atoms with E-state index in [1.807, 2.05) is 12.1 Å². The van der Waals surface area contributed by atoms with Crippen LogP contribution in [0.3, 0.4) is 0 Å². The predicted octanol–water partition coefficient (Wildman–Crippen LogP) is 3.09. The monoisotopic (exact) mass is 216 g/mol. The Morgan fingerprint density at radius 3 is 2.13 bits per heavy atom. The molecule has 0 atom stereocenters. The molecule has 0 amide bonds. The first kappa shape index (κ1) is 10.2. The molecule has 2 rings (SSSR count). The summed E-state index contributed by atoms with van der Waals surface area (Å²) in [6.07, 6.45) is 0. The Labute approximate surface area is 91.4 Å². The maximum Gasteiger partial charge on any atom is 0.116 e. The maximum atomic E-state index is 9.37. The lowest BCUT2D eigenvalue weighted by Crippen LogP contribution is -2.37. The van der Waals surface area contributed by atoms with Crippen molar-refractivity contribution in [2.24, 2.45) is 0 Å². The molecule has 0 spiro atoms. The minimum Gasteiger partial charge on any atom is -0.508 e. The highest BCUT2D eigenvalue weighted by atomic mass is 28.3. The van der Waals surface area contributed by atoms with Crippen LogP contribution in [0.4, 0.5) is 0 Å². The van der Waals surface area contributed by atoms with Crippen LogP contribution in [0.15, 0.2) is 36.4 Å². The predicted molar refractivity (Wildman–Crippen MR) is 68.6 cm³/mol. The summed E-state index contributed by atoms with van der Waals surface area (Å²) in [5, 5.41) is 13.2. The lowest BCUT2D eigenvalue weighted by Gasteiger charge is -2.17. The van der Waals surface area contributed by atoms with Gasteiger partial charge in [-0.1, -0.05) is 49.1 Å². The SMILES string of the molecule is C[Si](C)(C)c1ccc2cc(O)ccc2c1. The number of benzene rings is 2. The topological polar surface area (TPSA) is 20.2 Å². The molecule has 2 heteroatoms. The van der Waals surface area contributed by atoms with E-state index in [1.165, 1.54) is 10.6 Å². The van der Waals surface area contributed by atoms with Gasteiger partial charge < -0.3 is 5.11 Å². The first-order valence-electron chi connectivity index (χ1n) is 5.20. The molecular formula is C13H16OSi. The molecule has 0 aromatic heterocycles. The van der Waals surface area contributed by atoms with Crippen LogP contribution in [0.25, 0.3) is 10.8 Å². The zero-order valence-corrected chi connectivity index (χ0v) is 10.4. The van der Waals surface area contributed by atoms with Crippen LogP contribution in [0.5, 0.6) is 5.75 Å². The molecule has 0 bridgehead atoms. The summed E-state index contributed by atoms with van der Waals surface area (Å²) in [6, 6.07) is 12.1. The molecule has 0 saturated heterocycles. The molecule has 2 aromatic rings. The minimum absolute atomic E-state index is 0.336. The van der Waals surface area contributed by atoms with E-state index in [2.05, 4.69) is 37.8 Å². The van der Waals surface area contributed by atoms with E-state index in [1.54, 1.807) is 6.07 Å². The summed E-state index contributed by atoms with van der Waals surface area (Å²) >= 11 is 0. The van der Waals surface area contributed by atoms with Crippen LogP contribution in [0, 0.1) is 0 Å². The molecule has 0 fully saturated rings. The number of phenols is 1. The lowest BCUT2D eigenvalue weighted by molar-refractivity contribution is 0.476. The molecule has 78 valence electrons. The van der Waals surface area contributed by atoms with Crippen molar-refractivity contribution in [3.05, 3.63) is 36.4 Å². The summed E-state index contributed by atoms with van der Waals surface area (Å²) in [7, 11) is -1.23. The van der Waals surface area contributed by atoms with Crippen LogP contribution in [0.1, 0.15) is 0 Å². The molecular weight excluding hydrogens is 200 g/mol. The molecule has 0 unspecified atom stereocenters. The van der Waals surface area contributed by atoms with E-state index >= 15 is 0 Å². The second-order valence-electron chi connectivity index (χ2n) is 5.00. The number of hydrogen-bond acceptors (Lipinski definition) is 1. The zero-order chi connectivity index (χ0) is 11.1. The van der Waals surface area contributed by atoms with E-state index in [9.17, 15) is 5.11 Å². The molecule has 0 aliphatic rings. The summed E-state index contributed by atoms with van der Waals surface area (Å²) < 4.78 is 0. The van der Waals surface area contributed by atoms with Gasteiger partial charge in [-0.25, -0.2) is 0 Å². The Bertz CT molecular complexity index is 497. The Morgan fingerprint density at radius 1 is 0.867 bits per heavy atom. The summed E-state index contributed by atoms with van der Waals surface area (Å²) in [5.74, 6) is 0.336. The van der Waals surface area contributed by atoms with Crippen molar-refractivity contribution in [1.82, 2.24) is 0 Å². The van der Waals surface area contributed by atoms with Gasteiger partial charge in [-0.05, 0) is 22.9 Å². The van der Waals surface area contributed by atoms with Crippen molar-refractivity contribution >= 4 is 24.0 Å². The van der Waals surface area contributed by atoms with Crippen LogP contribution >= 0.6 is 0 Å². The summed E-state index contributed by atoms with van der Waals surface area (Å²) in [4.78, 5) is 0. The number of phenolic OH excluding ortho intramolecular Hbond substituents is 1. The highest BCUT2D eigenvalue weighted by molar-refractivity contribution is 6.88. The first-order chi connectivity index (χ1) is 6.97. The van der Waals surface area contributed by atoms with Gasteiger partial charge >= 0.3 is 0 Å². The molecule has 0 saturated carbocycles. The Morgan fingerprint density at radius 2 is 1.47 bits per heavy atom. The lowest BCUT2D eigenvalue weighted by atomic mass is 10.1. The molecule has 0 aliphatic carbocycles. The molecule has 1 N–H and O–H groups in total. The molecule has 2 aromatic carbocycles. The van der Waals surface area contributed by atoms with E-state index in [0.29, 0.717) is 5.75 Å². The van der Waals surface area contributed by atoms with Gasteiger partial charge in [0, 0.05) is 0 Å². The fraction of sp³-hybridized carbons (Fsp3) is 0.231. The Balaban J connectivity index is 2.62. The van der Waals surface area contributed by atoms with Gasteiger partial charge in [0.25, 0.3) is 0 Å². The highest BCUT2D eigenvalue weighted by Gasteiger charge is 2.16. The molecule has 0 radical (unpaired) electrons. The second kappa shape index (κ2) is 3.38. The molecule has 15 heavy (non-hydrogen) atoms. The molecule has 0 heterocycles. The van der Waals surface area contributed by atoms with Crippen LogP contribution in [0.2, 0.25) is 19.6 Å². The third kappa shape index (κ3) is 2.05. The summed E-state index contributed by atoms with van der Waals surface area (Å²) in [6.45, 7) is 7.03. The van der Waals surface area contributed by atoms with Gasteiger partial charge in [-0.3, -0.25) is 0 Å². The van der Waals surface area contributed by atoms with Crippen LogP contribution in [-0.2, 0) is 0 Å². The minimum atomic E-state index is -1.23. The largest absolute Gasteiger partial charge is 0.508 e. The van der Waals surface area contributed by atoms with Crippen molar-refractivity contribution in [2.45, 2.75) is 19.6 Å². The number of rotatable bonds is 1. The van der Waals surface area contributed by atoms with Gasteiger partial charge in [-0.15, -0.1) is 0 Å². The smallest absolute Gasteiger partial charge is 0.116 e. The van der Waals surface area contributed by atoms with Gasteiger partial charge in [0.15, 0.2) is 0 Å². The fourth-order valence-electron chi connectivity index (χ4n) is 1.70. The second-order valence-corrected chi connectivity index (χ2v) is 10.1. The highest BCUT2D eigenvalue weighted by Crippen LogP contribution is 2.19. The van der Waals surface area contributed by atoms with Crippen molar-refractivity contribution in [3.8, 4) is 5.75 Å². The van der Waals surface area contributed by atoms with Crippen molar-refractivity contribution in [1.29, 1.82) is 0 Å². The van der Waals surface area contributed by atoms with E-state index < -0.39 is 8.07 Å². The molecule has 1 nitrogen and oxygen atoms in total. The van der Waals surface area contributed by atoms with Crippen molar-refractivity contribution in [2.75, 3.05) is 0 Å². The van der Waals surface area contributed by atoms with Gasteiger partial charge in [0.2, 0.25) is 0 Å². The quantitative estimate of drug-likeness (QED) is 0.726. The van der Waals surface area contributed by atoms with Crippen molar-refractivity contribution in [3.63, 3.8) is 0 Å². The maximum absolute atomic E-state index is 9.37. The molecule has 0 aliphatic heterocycles. The van der Waals surface area contributed by atoms with Crippen LogP contribution < -0.4 is 5.19 Å². The summed E-state index contributed by atoms with van der Waals surface area (Å²) in [5.41, 5.74) is 0. The van der Waals surface area contributed by atoms with Gasteiger partial charge in [0.1, 0.15) is 5.75 Å². The normalized spacial score (nSPS) is 11.9. The van der Waals surface area contributed by atoms with Crippen molar-refractivity contribution < 1.29 is 5.11 Å². The third-order valence-electron chi connectivity index (χ3n) is 2.69. The van der Waals surface area contributed by atoms with Gasteiger partial charge in [-0.2, -0.15) is 0 Å². The zero-order valence-electron chi connectivity index (χ0n) is 9.41. The Kier molecular flexibility index (Phi) is 2.31. The van der Waals surface area contributed by atoms with E-state index in [0.717, 1.165) is 5.39 Å².